The van der Waals surface area contributed by atoms with Crippen LogP contribution in [0.1, 0.15) is 22.5 Å². The van der Waals surface area contributed by atoms with E-state index in [9.17, 15) is 13.2 Å². The molecule has 0 radical (unpaired) electrons. The van der Waals surface area contributed by atoms with Crippen molar-refractivity contribution in [1.29, 1.82) is 0 Å². The molecule has 3 nitrogen and oxygen atoms in total. The summed E-state index contributed by atoms with van der Waals surface area (Å²) < 4.78 is 38.0. The molecule has 3 aromatic carbocycles. The molecule has 0 saturated carbocycles. The SMILES string of the molecule is CNCc1ccccc1-c1ccc2[nH]c(C=Cc3ccc(C(F)(F)F)cc3)nc2c1. The Morgan fingerprint density at radius 2 is 1.73 bits per heavy atom. The van der Waals surface area contributed by atoms with Crippen LogP contribution in [-0.2, 0) is 12.7 Å². The molecule has 0 atom stereocenters. The zero-order valence-corrected chi connectivity index (χ0v) is 16.3. The van der Waals surface area contributed by atoms with Gasteiger partial charge in [-0.2, -0.15) is 13.2 Å². The van der Waals surface area contributed by atoms with Gasteiger partial charge in [0.2, 0.25) is 0 Å². The summed E-state index contributed by atoms with van der Waals surface area (Å²) in [5.74, 6) is 0.644. The number of nitrogens with one attached hydrogen (secondary N) is 2. The predicted octanol–water partition coefficient (Wildman–Crippen LogP) is 6.14. The van der Waals surface area contributed by atoms with E-state index in [1.807, 2.05) is 31.3 Å². The minimum absolute atomic E-state index is 0.644. The summed E-state index contributed by atoms with van der Waals surface area (Å²) in [6, 6.07) is 19.3. The first-order valence-electron chi connectivity index (χ1n) is 9.52. The minimum atomic E-state index is -4.33. The topological polar surface area (TPSA) is 40.7 Å². The zero-order valence-electron chi connectivity index (χ0n) is 16.3. The highest BCUT2D eigenvalue weighted by atomic mass is 19.4. The maximum Gasteiger partial charge on any atom is 0.416 e. The Morgan fingerprint density at radius 1 is 0.967 bits per heavy atom. The molecule has 1 heterocycles. The van der Waals surface area contributed by atoms with E-state index in [2.05, 4.69) is 33.5 Å². The summed E-state index contributed by atoms with van der Waals surface area (Å²) >= 11 is 0. The summed E-state index contributed by atoms with van der Waals surface area (Å²) in [4.78, 5) is 7.84. The van der Waals surface area contributed by atoms with Crippen LogP contribution >= 0.6 is 0 Å². The van der Waals surface area contributed by atoms with Crippen LogP contribution in [0.15, 0.2) is 66.7 Å². The Bertz CT molecular complexity index is 1190. The van der Waals surface area contributed by atoms with Gasteiger partial charge in [-0.25, -0.2) is 4.98 Å². The second-order valence-electron chi connectivity index (χ2n) is 6.99. The molecule has 0 fully saturated rings. The predicted molar refractivity (Wildman–Crippen MR) is 115 cm³/mol. The lowest BCUT2D eigenvalue weighted by Gasteiger charge is -2.09. The second-order valence-corrected chi connectivity index (χ2v) is 6.99. The lowest BCUT2D eigenvalue weighted by molar-refractivity contribution is -0.137. The highest BCUT2D eigenvalue weighted by Gasteiger charge is 2.29. The first kappa shape index (κ1) is 19.9. The van der Waals surface area contributed by atoms with Crippen molar-refractivity contribution in [3.8, 4) is 11.1 Å². The van der Waals surface area contributed by atoms with Crippen molar-refractivity contribution in [1.82, 2.24) is 15.3 Å². The van der Waals surface area contributed by atoms with Crippen LogP contribution in [0.5, 0.6) is 0 Å². The minimum Gasteiger partial charge on any atom is -0.338 e. The maximum atomic E-state index is 12.7. The molecule has 0 aliphatic heterocycles. The number of rotatable bonds is 5. The van der Waals surface area contributed by atoms with E-state index < -0.39 is 11.7 Å². The molecule has 0 aliphatic carbocycles. The fourth-order valence-electron chi connectivity index (χ4n) is 3.38. The number of alkyl halides is 3. The smallest absolute Gasteiger partial charge is 0.338 e. The van der Waals surface area contributed by atoms with E-state index in [0.29, 0.717) is 11.4 Å². The molecule has 0 spiro atoms. The fraction of sp³-hybridized carbons (Fsp3) is 0.125. The normalized spacial score (nSPS) is 12.1. The number of aromatic amines is 1. The second kappa shape index (κ2) is 8.16. The Morgan fingerprint density at radius 3 is 2.47 bits per heavy atom. The number of benzene rings is 3. The van der Waals surface area contributed by atoms with Gasteiger partial charge in [-0.15, -0.1) is 0 Å². The highest BCUT2D eigenvalue weighted by Crippen LogP contribution is 2.29. The number of aromatic nitrogens is 2. The van der Waals surface area contributed by atoms with Crippen molar-refractivity contribution in [2.75, 3.05) is 7.05 Å². The molecule has 152 valence electrons. The van der Waals surface area contributed by atoms with Crippen LogP contribution in [0.25, 0.3) is 34.3 Å². The molecule has 4 aromatic rings. The molecule has 6 heteroatoms. The number of imidazole rings is 1. The number of halogens is 3. The first-order chi connectivity index (χ1) is 14.4. The summed E-state index contributed by atoms with van der Waals surface area (Å²) in [7, 11) is 1.92. The van der Waals surface area contributed by atoms with Crippen molar-refractivity contribution in [2.45, 2.75) is 12.7 Å². The molecular formula is C24H20F3N3. The lowest BCUT2D eigenvalue weighted by atomic mass is 9.99. The first-order valence-corrected chi connectivity index (χ1v) is 9.52. The molecule has 0 amide bonds. The molecular weight excluding hydrogens is 387 g/mol. The van der Waals surface area contributed by atoms with Crippen LogP contribution in [0, 0.1) is 0 Å². The van der Waals surface area contributed by atoms with Crippen LogP contribution in [-0.4, -0.2) is 17.0 Å². The van der Waals surface area contributed by atoms with Crippen molar-refractivity contribution in [2.24, 2.45) is 0 Å². The van der Waals surface area contributed by atoms with Crippen molar-refractivity contribution in [3.05, 3.63) is 89.2 Å². The third-order valence-corrected chi connectivity index (χ3v) is 4.87. The Kier molecular flexibility index (Phi) is 5.42. The fourth-order valence-corrected chi connectivity index (χ4v) is 3.38. The maximum absolute atomic E-state index is 12.7. The molecule has 1 aromatic heterocycles. The van der Waals surface area contributed by atoms with Gasteiger partial charge in [-0.1, -0.05) is 48.5 Å². The molecule has 0 bridgehead atoms. The molecule has 0 unspecified atom stereocenters. The van der Waals surface area contributed by atoms with Crippen LogP contribution in [0.3, 0.4) is 0 Å². The number of hydrogen-bond acceptors (Lipinski definition) is 2. The zero-order chi connectivity index (χ0) is 21.1. The number of H-pyrrole nitrogens is 1. The lowest BCUT2D eigenvalue weighted by Crippen LogP contribution is -2.06. The van der Waals surface area contributed by atoms with Crippen LogP contribution in [0.2, 0.25) is 0 Å². The highest BCUT2D eigenvalue weighted by molar-refractivity contribution is 5.84. The standard InChI is InChI=1S/C24H20F3N3/c1-28-15-18-4-2-3-5-20(18)17-9-12-21-22(14-17)30-23(29-21)13-8-16-6-10-19(11-7-16)24(25,26)27/h2-14,28H,15H2,1H3,(H,29,30). The Labute approximate surface area is 172 Å². The van der Waals surface area contributed by atoms with Crippen LogP contribution in [0.4, 0.5) is 13.2 Å². The van der Waals surface area contributed by atoms with E-state index in [1.54, 1.807) is 12.2 Å². The van der Waals surface area contributed by atoms with E-state index in [1.165, 1.54) is 17.7 Å². The quantitative estimate of drug-likeness (QED) is 0.417. The average Bonchev–Trinajstić information content (AvgIpc) is 3.15. The van der Waals surface area contributed by atoms with Gasteiger partial charge in [0.1, 0.15) is 5.82 Å². The largest absolute Gasteiger partial charge is 0.416 e. The number of nitrogens with zero attached hydrogens (tertiary/aromatic N) is 1. The molecule has 2 N–H and O–H groups in total. The monoisotopic (exact) mass is 407 g/mol. The third kappa shape index (κ3) is 4.28. The van der Waals surface area contributed by atoms with Gasteiger partial charge in [0.25, 0.3) is 0 Å². The summed E-state index contributed by atoms with van der Waals surface area (Å²) in [6.07, 6.45) is -0.831. The van der Waals surface area contributed by atoms with Gasteiger partial charge in [0, 0.05) is 6.54 Å². The van der Waals surface area contributed by atoms with E-state index >= 15 is 0 Å². The van der Waals surface area contributed by atoms with Crippen molar-refractivity contribution >= 4 is 23.2 Å². The van der Waals surface area contributed by atoms with Gasteiger partial charge >= 0.3 is 6.18 Å². The molecule has 30 heavy (non-hydrogen) atoms. The van der Waals surface area contributed by atoms with E-state index in [0.717, 1.165) is 40.8 Å². The molecule has 0 saturated heterocycles. The van der Waals surface area contributed by atoms with E-state index in [4.69, 9.17) is 0 Å². The summed E-state index contributed by atoms with van der Waals surface area (Å²) in [5, 5.41) is 3.19. The van der Waals surface area contributed by atoms with E-state index in [-0.39, 0.29) is 0 Å². The molecule has 0 aliphatic rings. The molecule has 4 rings (SSSR count). The van der Waals surface area contributed by atoms with Gasteiger partial charge in [0.05, 0.1) is 16.6 Å². The van der Waals surface area contributed by atoms with Crippen LogP contribution < -0.4 is 5.32 Å². The van der Waals surface area contributed by atoms with Gasteiger partial charge in [0.15, 0.2) is 0 Å². The summed E-state index contributed by atoms with van der Waals surface area (Å²) in [5.41, 5.74) is 5.18. The number of hydrogen-bond donors (Lipinski definition) is 2. The van der Waals surface area contributed by atoms with Crippen molar-refractivity contribution < 1.29 is 13.2 Å². The average molecular weight is 407 g/mol. The van der Waals surface area contributed by atoms with Gasteiger partial charge < -0.3 is 10.3 Å². The Hall–Kier alpha value is -3.38. The van der Waals surface area contributed by atoms with Crippen molar-refractivity contribution in [3.63, 3.8) is 0 Å². The van der Waals surface area contributed by atoms with Gasteiger partial charge in [-0.3, -0.25) is 0 Å². The Balaban J connectivity index is 1.59. The third-order valence-electron chi connectivity index (χ3n) is 4.87. The number of fused-ring (bicyclic) bond motifs is 1. The van der Waals surface area contributed by atoms with Gasteiger partial charge in [-0.05, 0) is 59.6 Å². The summed E-state index contributed by atoms with van der Waals surface area (Å²) in [6.45, 7) is 0.774.